The summed E-state index contributed by atoms with van der Waals surface area (Å²) in [5.41, 5.74) is 7.27. The molecule has 0 atom stereocenters. The number of hydrogen-bond donors (Lipinski definition) is 2. The molecule has 0 unspecified atom stereocenters. The van der Waals surface area contributed by atoms with Crippen LogP contribution in [0.3, 0.4) is 0 Å². The van der Waals surface area contributed by atoms with Gasteiger partial charge >= 0.3 is 0 Å². The molecule has 0 amide bonds. The lowest BCUT2D eigenvalue weighted by molar-refractivity contribution is 0.103. The monoisotopic (exact) mass is 495 g/mol. The number of aryl methyl sites for hydroxylation is 1. The first-order valence-electron chi connectivity index (χ1n) is 12.8. The van der Waals surface area contributed by atoms with Crippen LogP contribution in [0.25, 0.3) is 21.8 Å². The average molecular weight is 496 g/mol. The number of hydrogen-bond acceptors (Lipinski definition) is 3. The number of para-hydroxylation sites is 3. The Morgan fingerprint density at radius 1 is 0.789 bits per heavy atom. The van der Waals surface area contributed by atoms with Gasteiger partial charge in [-0.25, -0.2) is 0 Å². The van der Waals surface area contributed by atoms with E-state index in [9.17, 15) is 4.79 Å². The van der Waals surface area contributed by atoms with E-state index < -0.39 is 0 Å². The van der Waals surface area contributed by atoms with Crippen molar-refractivity contribution in [3.63, 3.8) is 0 Å². The van der Waals surface area contributed by atoms with Gasteiger partial charge in [-0.2, -0.15) is 0 Å². The zero-order chi connectivity index (χ0) is 25.9. The molecule has 4 nitrogen and oxygen atoms in total. The first-order valence-corrected chi connectivity index (χ1v) is 12.8. The molecule has 5 aromatic carbocycles. The van der Waals surface area contributed by atoms with Crippen LogP contribution in [0.2, 0.25) is 0 Å². The Morgan fingerprint density at radius 3 is 2.42 bits per heavy atom. The molecule has 6 rings (SSSR count). The standard InChI is InChI=1S/C34H27N2O2/c1-23-10-2-3-14-27(23)34(37)30-16-5-7-19-32(30)35-25-12-9-13-26(22-25)38-21-20-24-11-8-17-29-28-15-4-6-18-31(28)36-33(24)29/h2-19,35-36H,20-21H2,1H3. The number of rotatable bonds is 8. The summed E-state index contributed by atoms with van der Waals surface area (Å²) >= 11 is 0. The number of ketones is 1. The van der Waals surface area contributed by atoms with Gasteiger partial charge in [0.15, 0.2) is 5.78 Å². The van der Waals surface area contributed by atoms with Crippen molar-refractivity contribution in [3.05, 3.63) is 138 Å². The Balaban J connectivity index is 1.17. The highest BCUT2D eigenvalue weighted by Crippen LogP contribution is 2.29. The number of aromatic amines is 1. The Bertz CT molecular complexity index is 1770. The van der Waals surface area contributed by atoms with Gasteiger partial charge in [0.25, 0.3) is 0 Å². The summed E-state index contributed by atoms with van der Waals surface area (Å²) in [6.07, 6.45) is 0.767. The molecule has 0 saturated heterocycles. The number of anilines is 2. The molecule has 1 aromatic heterocycles. The van der Waals surface area contributed by atoms with Crippen LogP contribution in [-0.4, -0.2) is 17.4 Å². The predicted molar refractivity (Wildman–Crippen MR) is 155 cm³/mol. The second-order valence-corrected chi connectivity index (χ2v) is 9.35. The van der Waals surface area contributed by atoms with Gasteiger partial charge in [0, 0.05) is 45.0 Å². The van der Waals surface area contributed by atoms with Crippen LogP contribution < -0.4 is 10.1 Å². The van der Waals surface area contributed by atoms with Crippen molar-refractivity contribution in [1.82, 2.24) is 4.98 Å². The van der Waals surface area contributed by atoms with Gasteiger partial charge in [-0.15, -0.1) is 0 Å². The van der Waals surface area contributed by atoms with E-state index in [1.54, 1.807) is 0 Å². The first kappa shape index (κ1) is 23.6. The quantitative estimate of drug-likeness (QED) is 0.210. The van der Waals surface area contributed by atoms with Crippen molar-refractivity contribution < 1.29 is 9.53 Å². The molecule has 0 aliphatic rings. The van der Waals surface area contributed by atoms with E-state index in [-0.39, 0.29) is 5.78 Å². The number of carbonyl (C=O) groups excluding carboxylic acids is 1. The summed E-state index contributed by atoms with van der Waals surface area (Å²) in [5.74, 6) is 0.645. The highest BCUT2D eigenvalue weighted by Gasteiger charge is 2.15. The van der Waals surface area contributed by atoms with Gasteiger partial charge in [0.1, 0.15) is 5.75 Å². The second kappa shape index (κ2) is 10.3. The number of aromatic nitrogens is 1. The molecule has 4 heteroatoms. The van der Waals surface area contributed by atoms with E-state index in [0.29, 0.717) is 23.5 Å². The minimum atomic E-state index is -0.00948. The molecular formula is C34H27N2O2. The minimum absolute atomic E-state index is 0.00948. The summed E-state index contributed by atoms with van der Waals surface area (Å²) in [5, 5.41) is 5.83. The summed E-state index contributed by atoms with van der Waals surface area (Å²) in [6.45, 7) is 2.48. The maximum absolute atomic E-state index is 13.3. The lowest BCUT2D eigenvalue weighted by atomic mass is 9.98. The molecule has 38 heavy (non-hydrogen) atoms. The minimum Gasteiger partial charge on any atom is -0.493 e. The Kier molecular flexibility index (Phi) is 6.37. The van der Waals surface area contributed by atoms with E-state index in [4.69, 9.17) is 4.74 Å². The van der Waals surface area contributed by atoms with Gasteiger partial charge in [0.05, 0.1) is 18.4 Å². The molecule has 0 saturated carbocycles. The lowest BCUT2D eigenvalue weighted by Gasteiger charge is -2.13. The third kappa shape index (κ3) is 4.64. The normalized spacial score (nSPS) is 11.1. The summed E-state index contributed by atoms with van der Waals surface area (Å²) in [6, 6.07) is 39.0. The van der Waals surface area contributed by atoms with Crippen molar-refractivity contribution >= 4 is 39.0 Å². The number of carbonyl (C=O) groups is 1. The van der Waals surface area contributed by atoms with E-state index >= 15 is 0 Å². The summed E-state index contributed by atoms with van der Waals surface area (Å²) in [4.78, 5) is 16.9. The molecule has 185 valence electrons. The maximum Gasteiger partial charge on any atom is 0.195 e. The average Bonchev–Trinajstić information content (AvgIpc) is 3.33. The number of fused-ring (bicyclic) bond motifs is 3. The van der Waals surface area contributed by atoms with E-state index in [1.807, 2.05) is 79.7 Å². The molecule has 0 spiro atoms. The van der Waals surface area contributed by atoms with Crippen molar-refractivity contribution in [2.75, 3.05) is 11.9 Å². The fraction of sp³-hybridized carbons (Fsp3) is 0.0882. The summed E-state index contributed by atoms with van der Waals surface area (Å²) < 4.78 is 6.10. The molecule has 6 aromatic rings. The third-order valence-electron chi connectivity index (χ3n) is 6.86. The topological polar surface area (TPSA) is 54.1 Å². The second-order valence-electron chi connectivity index (χ2n) is 9.35. The Hall–Kier alpha value is -4.83. The molecule has 0 bridgehead atoms. The zero-order valence-electron chi connectivity index (χ0n) is 21.1. The predicted octanol–water partition coefficient (Wildman–Crippen LogP) is 8.03. The largest absolute Gasteiger partial charge is 0.493 e. The first-order chi connectivity index (χ1) is 18.7. The molecule has 1 heterocycles. The highest BCUT2D eigenvalue weighted by atomic mass is 16.5. The van der Waals surface area contributed by atoms with Crippen LogP contribution >= 0.6 is 0 Å². The van der Waals surface area contributed by atoms with Crippen molar-refractivity contribution in [2.24, 2.45) is 0 Å². The maximum atomic E-state index is 13.3. The number of nitrogens with one attached hydrogen (secondary N) is 2. The van der Waals surface area contributed by atoms with E-state index in [0.717, 1.165) is 34.4 Å². The van der Waals surface area contributed by atoms with Crippen molar-refractivity contribution in [2.45, 2.75) is 13.3 Å². The zero-order valence-corrected chi connectivity index (χ0v) is 21.1. The molecule has 0 aliphatic carbocycles. The molecule has 1 radical (unpaired) electrons. The van der Waals surface area contributed by atoms with Gasteiger partial charge in [-0.1, -0.05) is 78.9 Å². The van der Waals surface area contributed by atoms with Gasteiger partial charge in [0.2, 0.25) is 0 Å². The van der Waals surface area contributed by atoms with E-state index in [1.165, 1.54) is 16.3 Å². The van der Waals surface area contributed by atoms with Crippen LogP contribution in [0.5, 0.6) is 5.75 Å². The number of H-pyrrole nitrogens is 1. The van der Waals surface area contributed by atoms with Gasteiger partial charge in [-0.05, 0) is 48.4 Å². The summed E-state index contributed by atoms with van der Waals surface area (Å²) in [7, 11) is 0. The lowest BCUT2D eigenvalue weighted by Crippen LogP contribution is -2.07. The van der Waals surface area contributed by atoms with Gasteiger partial charge < -0.3 is 15.0 Å². The third-order valence-corrected chi connectivity index (χ3v) is 6.86. The number of ether oxygens (including phenoxy) is 1. The smallest absolute Gasteiger partial charge is 0.195 e. The van der Waals surface area contributed by atoms with Crippen LogP contribution in [0.1, 0.15) is 27.0 Å². The highest BCUT2D eigenvalue weighted by molar-refractivity contribution is 6.13. The van der Waals surface area contributed by atoms with Crippen LogP contribution in [0.4, 0.5) is 11.4 Å². The SMILES string of the molecule is Cc1ccccc1C(=O)c1ccccc1Nc1[c]c(OCCc2cccc3c2[nH]c2ccccc23)ccc1. The Morgan fingerprint density at radius 2 is 1.53 bits per heavy atom. The van der Waals surface area contributed by atoms with Crippen LogP contribution in [0, 0.1) is 13.0 Å². The van der Waals surface area contributed by atoms with Crippen LogP contribution in [-0.2, 0) is 6.42 Å². The molecule has 2 N–H and O–H groups in total. The van der Waals surface area contributed by atoms with Crippen molar-refractivity contribution in [1.29, 1.82) is 0 Å². The van der Waals surface area contributed by atoms with Crippen molar-refractivity contribution in [3.8, 4) is 5.75 Å². The fourth-order valence-electron chi connectivity index (χ4n) is 4.93. The fourth-order valence-corrected chi connectivity index (χ4v) is 4.93. The molecular weight excluding hydrogens is 468 g/mol. The molecule has 0 aliphatic heterocycles. The van der Waals surface area contributed by atoms with Gasteiger partial charge in [-0.3, -0.25) is 4.79 Å². The Labute approximate surface area is 221 Å². The van der Waals surface area contributed by atoms with Crippen LogP contribution in [0.15, 0.2) is 109 Å². The molecule has 0 fully saturated rings. The van der Waals surface area contributed by atoms with E-state index in [2.05, 4.69) is 52.8 Å². The number of benzene rings is 5.